The molecule has 31 heavy (non-hydrogen) atoms. The van der Waals surface area contributed by atoms with Gasteiger partial charge in [0.05, 0.1) is 11.7 Å². The Kier molecular flexibility index (Phi) is 6.39. The Labute approximate surface area is 181 Å². The Balaban J connectivity index is 1.37. The molecule has 1 aliphatic heterocycles. The van der Waals surface area contributed by atoms with E-state index in [4.69, 9.17) is 4.42 Å². The van der Waals surface area contributed by atoms with Gasteiger partial charge in [0.2, 0.25) is 17.7 Å². The van der Waals surface area contributed by atoms with Crippen LogP contribution in [-0.4, -0.2) is 32.5 Å². The van der Waals surface area contributed by atoms with E-state index < -0.39 is 0 Å². The van der Waals surface area contributed by atoms with Crippen molar-refractivity contribution in [3.63, 3.8) is 0 Å². The molecule has 0 aliphatic carbocycles. The molecule has 2 aromatic heterocycles. The first-order chi connectivity index (χ1) is 15.0. The minimum atomic E-state index is -0.233. The molecule has 1 atom stereocenters. The highest BCUT2D eigenvalue weighted by Gasteiger charge is 2.30. The topological polar surface area (TPSA) is 72.1 Å². The Bertz CT molecular complexity index is 1030. The van der Waals surface area contributed by atoms with Crippen LogP contribution in [0, 0.1) is 5.82 Å². The fourth-order valence-corrected chi connectivity index (χ4v) is 3.95. The molecule has 0 radical (unpaired) electrons. The number of aromatic nitrogens is 3. The molecular weight excluding hydrogens is 395 g/mol. The first-order valence-corrected chi connectivity index (χ1v) is 10.8. The van der Waals surface area contributed by atoms with Gasteiger partial charge in [-0.05, 0) is 48.6 Å². The normalized spacial score (nSPS) is 16.3. The molecule has 4 rings (SSSR count). The summed E-state index contributed by atoms with van der Waals surface area (Å²) in [6.45, 7) is 4.72. The van der Waals surface area contributed by atoms with Crippen LogP contribution in [0.2, 0.25) is 0 Å². The lowest BCUT2D eigenvalue weighted by atomic mass is 10.0. The summed E-state index contributed by atoms with van der Waals surface area (Å²) in [5.41, 5.74) is 2.82. The quantitative estimate of drug-likeness (QED) is 0.556. The third-order valence-electron chi connectivity index (χ3n) is 5.59. The molecule has 1 saturated heterocycles. The molecule has 1 aromatic carbocycles. The smallest absolute Gasteiger partial charge is 0.223 e. The zero-order chi connectivity index (χ0) is 21.8. The van der Waals surface area contributed by atoms with Gasteiger partial charge < -0.3 is 9.32 Å². The second kappa shape index (κ2) is 9.37. The fraction of sp³-hybridized carbons (Fsp3) is 0.417. The number of rotatable bonds is 7. The number of carbonyl (C=O) groups excluding carboxylic acids is 1. The lowest BCUT2D eigenvalue weighted by Crippen LogP contribution is -2.31. The maximum absolute atomic E-state index is 13.4. The number of carbonyl (C=O) groups is 1. The first kappa shape index (κ1) is 21.2. The average molecular weight is 423 g/mol. The van der Waals surface area contributed by atoms with E-state index in [0.717, 1.165) is 36.2 Å². The predicted molar refractivity (Wildman–Crippen MR) is 114 cm³/mol. The largest absolute Gasteiger partial charge is 0.425 e. The van der Waals surface area contributed by atoms with Gasteiger partial charge in [-0.25, -0.2) is 4.39 Å². The van der Waals surface area contributed by atoms with Crippen LogP contribution in [0.15, 0.2) is 47.0 Å². The van der Waals surface area contributed by atoms with E-state index in [9.17, 15) is 9.18 Å². The Hall–Kier alpha value is -3.09. The number of hydrogen-bond acceptors (Lipinski definition) is 5. The molecule has 1 fully saturated rings. The van der Waals surface area contributed by atoms with Crippen molar-refractivity contribution in [2.45, 2.75) is 57.9 Å². The molecule has 7 heteroatoms. The van der Waals surface area contributed by atoms with E-state index in [1.165, 1.54) is 6.07 Å². The maximum Gasteiger partial charge on any atom is 0.223 e. The standard InChI is InChI=1S/C24H27FN4O2/c1-16(2)24-28-27-22(31-24)10-11-23(30)29-12-4-7-21(29)20-9-8-18(15-26-20)13-17-5-3-6-19(25)14-17/h3,5-6,8-9,14-16,21H,4,7,10-13H2,1-2H3/t21-/m1/s1. The lowest BCUT2D eigenvalue weighted by molar-refractivity contribution is -0.132. The summed E-state index contributed by atoms with van der Waals surface area (Å²) in [5.74, 6) is 1.13. The van der Waals surface area contributed by atoms with Gasteiger partial charge >= 0.3 is 0 Å². The molecular formula is C24H27FN4O2. The summed E-state index contributed by atoms with van der Waals surface area (Å²) in [6, 6.07) is 10.6. The number of halogens is 1. The molecule has 0 unspecified atom stereocenters. The van der Waals surface area contributed by atoms with Crippen molar-refractivity contribution in [3.05, 3.63) is 77.0 Å². The van der Waals surface area contributed by atoms with Crippen molar-refractivity contribution in [3.8, 4) is 0 Å². The third-order valence-corrected chi connectivity index (χ3v) is 5.59. The van der Waals surface area contributed by atoms with Crippen LogP contribution in [-0.2, 0) is 17.6 Å². The molecule has 0 N–H and O–H groups in total. The van der Waals surface area contributed by atoms with Gasteiger partial charge in [0.15, 0.2) is 0 Å². The number of pyridine rings is 1. The second-order valence-corrected chi connectivity index (χ2v) is 8.33. The Morgan fingerprint density at radius 3 is 2.81 bits per heavy atom. The number of likely N-dealkylation sites (tertiary alicyclic amines) is 1. The number of amides is 1. The van der Waals surface area contributed by atoms with Crippen molar-refractivity contribution < 1.29 is 13.6 Å². The van der Waals surface area contributed by atoms with Crippen LogP contribution in [0.25, 0.3) is 0 Å². The summed E-state index contributed by atoms with van der Waals surface area (Å²) in [6.07, 6.45) is 5.10. The van der Waals surface area contributed by atoms with Gasteiger partial charge in [-0.3, -0.25) is 9.78 Å². The zero-order valence-corrected chi connectivity index (χ0v) is 17.9. The highest BCUT2D eigenvalue weighted by Crippen LogP contribution is 2.31. The SMILES string of the molecule is CC(C)c1nnc(CCC(=O)N2CCC[C@@H]2c2ccc(Cc3cccc(F)c3)cn2)o1. The van der Waals surface area contributed by atoms with Crippen molar-refractivity contribution in [2.75, 3.05) is 6.54 Å². The van der Waals surface area contributed by atoms with Crippen LogP contribution < -0.4 is 0 Å². The number of hydrogen-bond donors (Lipinski definition) is 0. The predicted octanol–water partition coefficient (Wildman–Crippen LogP) is 4.61. The second-order valence-electron chi connectivity index (χ2n) is 8.33. The van der Waals surface area contributed by atoms with Gasteiger partial charge in [0.25, 0.3) is 0 Å². The van der Waals surface area contributed by atoms with E-state index in [1.54, 1.807) is 12.1 Å². The monoisotopic (exact) mass is 422 g/mol. The van der Waals surface area contributed by atoms with Crippen LogP contribution >= 0.6 is 0 Å². The highest BCUT2D eigenvalue weighted by atomic mass is 19.1. The molecule has 3 heterocycles. The van der Waals surface area contributed by atoms with Crippen molar-refractivity contribution in [1.82, 2.24) is 20.1 Å². The number of aryl methyl sites for hydroxylation is 1. The van der Waals surface area contributed by atoms with Crippen LogP contribution in [0.3, 0.4) is 0 Å². The van der Waals surface area contributed by atoms with Crippen LogP contribution in [0.4, 0.5) is 4.39 Å². The summed E-state index contributed by atoms with van der Waals surface area (Å²) >= 11 is 0. The van der Waals surface area contributed by atoms with E-state index >= 15 is 0 Å². The average Bonchev–Trinajstić information content (AvgIpc) is 3.43. The minimum absolute atomic E-state index is 0.00960. The van der Waals surface area contributed by atoms with Crippen LogP contribution in [0.1, 0.15) is 73.7 Å². The summed E-state index contributed by atoms with van der Waals surface area (Å²) in [7, 11) is 0. The van der Waals surface area contributed by atoms with Gasteiger partial charge in [-0.15, -0.1) is 10.2 Å². The van der Waals surface area contributed by atoms with Crippen molar-refractivity contribution >= 4 is 5.91 Å². The van der Waals surface area contributed by atoms with Gasteiger partial charge in [-0.1, -0.05) is 32.0 Å². The zero-order valence-electron chi connectivity index (χ0n) is 17.9. The summed E-state index contributed by atoms with van der Waals surface area (Å²) in [4.78, 5) is 19.4. The van der Waals surface area contributed by atoms with Gasteiger partial charge in [0.1, 0.15) is 5.82 Å². The molecule has 1 amide bonds. The molecule has 0 spiro atoms. The first-order valence-electron chi connectivity index (χ1n) is 10.8. The molecule has 6 nitrogen and oxygen atoms in total. The molecule has 0 saturated carbocycles. The molecule has 1 aliphatic rings. The fourth-order valence-electron chi connectivity index (χ4n) is 3.95. The summed E-state index contributed by atoms with van der Waals surface area (Å²) < 4.78 is 19.0. The lowest BCUT2D eigenvalue weighted by Gasteiger charge is -2.24. The number of nitrogens with zero attached hydrogens (tertiary/aromatic N) is 4. The maximum atomic E-state index is 13.4. The number of benzene rings is 1. The van der Waals surface area contributed by atoms with E-state index in [0.29, 0.717) is 31.0 Å². The molecule has 162 valence electrons. The van der Waals surface area contributed by atoms with Crippen molar-refractivity contribution in [1.29, 1.82) is 0 Å². The Morgan fingerprint density at radius 1 is 1.23 bits per heavy atom. The highest BCUT2D eigenvalue weighted by molar-refractivity contribution is 5.77. The Morgan fingerprint density at radius 2 is 2.10 bits per heavy atom. The third kappa shape index (κ3) is 5.16. The van der Waals surface area contributed by atoms with E-state index in [2.05, 4.69) is 15.2 Å². The molecule has 3 aromatic rings. The molecule has 0 bridgehead atoms. The van der Waals surface area contributed by atoms with Crippen LogP contribution in [0.5, 0.6) is 0 Å². The van der Waals surface area contributed by atoms with Crippen molar-refractivity contribution in [2.24, 2.45) is 0 Å². The minimum Gasteiger partial charge on any atom is -0.425 e. The van der Waals surface area contributed by atoms with Gasteiger partial charge in [0, 0.05) is 31.5 Å². The van der Waals surface area contributed by atoms with E-state index in [-0.39, 0.29) is 23.7 Å². The van der Waals surface area contributed by atoms with Gasteiger partial charge in [-0.2, -0.15) is 0 Å². The summed E-state index contributed by atoms with van der Waals surface area (Å²) in [5, 5.41) is 8.06. The van der Waals surface area contributed by atoms with E-state index in [1.807, 2.05) is 43.1 Å².